The quantitative estimate of drug-likeness (QED) is 0.153. The second-order valence-electron chi connectivity index (χ2n) is 15.3. The van der Waals surface area contributed by atoms with E-state index in [1.54, 1.807) is 0 Å². The number of nitrogens with zero attached hydrogens (tertiary/aromatic N) is 5. The summed E-state index contributed by atoms with van der Waals surface area (Å²) in [6.07, 6.45) is 0. The Morgan fingerprint density at radius 2 is 0.645 bits per heavy atom. The van der Waals surface area contributed by atoms with Crippen LogP contribution in [0.15, 0.2) is 224 Å². The fourth-order valence-corrected chi connectivity index (χ4v) is 8.28. The zero-order chi connectivity index (χ0) is 41.2. The summed E-state index contributed by atoms with van der Waals surface area (Å²) in [5, 5.41) is 4.57. The van der Waals surface area contributed by atoms with Crippen LogP contribution in [0.1, 0.15) is 0 Å². The van der Waals surface area contributed by atoms with Crippen molar-refractivity contribution < 1.29 is 0 Å². The lowest BCUT2D eigenvalue weighted by Crippen LogP contribution is -2.00. The Labute approximate surface area is 359 Å². The van der Waals surface area contributed by atoms with Crippen molar-refractivity contribution in [2.45, 2.75) is 0 Å². The van der Waals surface area contributed by atoms with Gasteiger partial charge in [-0.2, -0.15) is 0 Å². The molecule has 9 aromatic carbocycles. The first-order chi connectivity index (χ1) is 30.7. The van der Waals surface area contributed by atoms with E-state index in [-0.39, 0.29) is 0 Å². The van der Waals surface area contributed by atoms with E-state index in [2.05, 4.69) is 146 Å². The largest absolute Gasteiger partial charge is 0.228 e. The van der Waals surface area contributed by atoms with Gasteiger partial charge in [-0.3, -0.25) is 0 Å². The van der Waals surface area contributed by atoms with Crippen molar-refractivity contribution in [3.63, 3.8) is 0 Å². The minimum absolute atomic E-state index is 0.611. The average Bonchev–Trinajstić information content (AvgIpc) is 3.36. The number of fused-ring (bicyclic) bond motifs is 2. The van der Waals surface area contributed by atoms with Crippen LogP contribution < -0.4 is 0 Å². The standard InChI is InChI=1S/C57H37N5/c1-5-17-38(18-6-1)46-35-45-26-14-15-27-47(45)50(36-46)52-37-51(58-54(59-52)41-20-7-2-8-21-41)49-34-33-39-19-13-16-28-48(39)53(49)40-29-31-44(32-30-40)57-61-55(42-22-9-3-10-23-42)60-56(62-57)43-24-11-4-12-25-43/h1-37H. The molecule has 0 unspecified atom stereocenters. The maximum atomic E-state index is 5.36. The van der Waals surface area contributed by atoms with Crippen LogP contribution in [0.2, 0.25) is 0 Å². The van der Waals surface area contributed by atoms with E-state index in [0.717, 1.165) is 88.6 Å². The minimum atomic E-state index is 0.611. The van der Waals surface area contributed by atoms with Crippen LogP contribution in [0.4, 0.5) is 0 Å². The van der Waals surface area contributed by atoms with Crippen molar-refractivity contribution in [1.82, 2.24) is 24.9 Å². The van der Waals surface area contributed by atoms with Gasteiger partial charge in [0.25, 0.3) is 0 Å². The van der Waals surface area contributed by atoms with Crippen LogP contribution in [0.25, 0.3) is 112 Å². The van der Waals surface area contributed by atoms with Gasteiger partial charge in [0.1, 0.15) is 0 Å². The van der Waals surface area contributed by atoms with Crippen molar-refractivity contribution in [3.05, 3.63) is 224 Å². The van der Waals surface area contributed by atoms with E-state index in [9.17, 15) is 0 Å². The first kappa shape index (κ1) is 36.7. The SMILES string of the molecule is c1ccc(-c2cc(-c3cc(-c4ccc5ccccc5c4-c4ccc(-c5nc(-c6ccccc6)nc(-c6ccccc6)n5)cc4)nc(-c4ccccc4)n3)c3ccccc3c2)cc1. The summed E-state index contributed by atoms with van der Waals surface area (Å²) in [6.45, 7) is 0. The summed E-state index contributed by atoms with van der Waals surface area (Å²) in [5.41, 5.74) is 11.9. The lowest BCUT2D eigenvalue weighted by molar-refractivity contribution is 1.07. The van der Waals surface area contributed by atoms with Crippen LogP contribution in [0, 0.1) is 0 Å². The molecule has 0 atom stereocenters. The summed E-state index contributed by atoms with van der Waals surface area (Å²) >= 11 is 0. The molecular formula is C57H37N5. The highest BCUT2D eigenvalue weighted by molar-refractivity contribution is 6.05. The first-order valence-corrected chi connectivity index (χ1v) is 20.7. The van der Waals surface area contributed by atoms with Crippen LogP contribution in [0.5, 0.6) is 0 Å². The van der Waals surface area contributed by atoms with Gasteiger partial charge in [-0.05, 0) is 62.0 Å². The van der Waals surface area contributed by atoms with Crippen molar-refractivity contribution in [1.29, 1.82) is 0 Å². The summed E-state index contributed by atoms with van der Waals surface area (Å²) in [6, 6.07) is 77.7. The molecule has 0 saturated heterocycles. The van der Waals surface area contributed by atoms with Gasteiger partial charge in [0.05, 0.1) is 11.4 Å². The zero-order valence-corrected chi connectivity index (χ0v) is 33.6. The molecule has 2 aromatic heterocycles. The number of hydrogen-bond donors (Lipinski definition) is 0. The second-order valence-corrected chi connectivity index (χ2v) is 15.3. The Hall–Kier alpha value is -8.41. The highest BCUT2D eigenvalue weighted by Gasteiger charge is 2.19. The Kier molecular flexibility index (Phi) is 9.45. The Balaban J connectivity index is 1.09. The summed E-state index contributed by atoms with van der Waals surface area (Å²) in [7, 11) is 0. The fourth-order valence-electron chi connectivity index (χ4n) is 8.28. The minimum Gasteiger partial charge on any atom is -0.228 e. The lowest BCUT2D eigenvalue weighted by atomic mass is 9.90. The maximum Gasteiger partial charge on any atom is 0.164 e. The van der Waals surface area contributed by atoms with E-state index in [0.29, 0.717) is 23.3 Å². The van der Waals surface area contributed by atoms with Crippen LogP contribution in [0.3, 0.4) is 0 Å². The molecule has 0 aliphatic carbocycles. The molecule has 5 nitrogen and oxygen atoms in total. The molecule has 0 saturated carbocycles. The third-order valence-electron chi connectivity index (χ3n) is 11.3. The highest BCUT2D eigenvalue weighted by Crippen LogP contribution is 2.41. The third kappa shape index (κ3) is 7.08. The van der Waals surface area contributed by atoms with E-state index >= 15 is 0 Å². The molecule has 0 fully saturated rings. The Bertz CT molecular complexity index is 3310. The molecule has 5 heteroatoms. The van der Waals surface area contributed by atoms with Crippen molar-refractivity contribution >= 4 is 21.5 Å². The molecule has 0 radical (unpaired) electrons. The van der Waals surface area contributed by atoms with Gasteiger partial charge in [0.2, 0.25) is 0 Å². The summed E-state index contributed by atoms with van der Waals surface area (Å²) in [4.78, 5) is 25.6. The summed E-state index contributed by atoms with van der Waals surface area (Å²) in [5.74, 6) is 2.54. The number of hydrogen-bond acceptors (Lipinski definition) is 5. The van der Waals surface area contributed by atoms with Gasteiger partial charge in [0.15, 0.2) is 23.3 Å². The van der Waals surface area contributed by atoms with Gasteiger partial charge >= 0.3 is 0 Å². The average molecular weight is 792 g/mol. The molecule has 11 rings (SSSR count). The lowest BCUT2D eigenvalue weighted by Gasteiger charge is -2.17. The molecule has 0 amide bonds. The Morgan fingerprint density at radius 1 is 0.226 bits per heavy atom. The monoisotopic (exact) mass is 791 g/mol. The first-order valence-electron chi connectivity index (χ1n) is 20.7. The second kappa shape index (κ2) is 16.0. The molecule has 0 bridgehead atoms. The van der Waals surface area contributed by atoms with E-state index in [4.69, 9.17) is 24.9 Å². The molecule has 62 heavy (non-hydrogen) atoms. The molecule has 2 heterocycles. The predicted octanol–water partition coefficient (Wildman–Crippen LogP) is 14.3. The van der Waals surface area contributed by atoms with Gasteiger partial charge in [0, 0.05) is 33.4 Å². The van der Waals surface area contributed by atoms with E-state index < -0.39 is 0 Å². The van der Waals surface area contributed by atoms with Gasteiger partial charge in [-0.1, -0.05) is 206 Å². The topological polar surface area (TPSA) is 64.5 Å². The summed E-state index contributed by atoms with van der Waals surface area (Å²) < 4.78 is 0. The van der Waals surface area contributed by atoms with Crippen molar-refractivity contribution in [2.24, 2.45) is 0 Å². The van der Waals surface area contributed by atoms with Gasteiger partial charge in [-0.15, -0.1) is 0 Å². The maximum absolute atomic E-state index is 5.36. The molecule has 0 N–H and O–H groups in total. The van der Waals surface area contributed by atoms with Crippen molar-refractivity contribution in [2.75, 3.05) is 0 Å². The Morgan fingerprint density at radius 3 is 1.21 bits per heavy atom. The van der Waals surface area contributed by atoms with Crippen LogP contribution in [-0.2, 0) is 0 Å². The molecule has 0 spiro atoms. The smallest absolute Gasteiger partial charge is 0.164 e. The van der Waals surface area contributed by atoms with E-state index in [1.807, 2.05) is 78.9 Å². The van der Waals surface area contributed by atoms with Crippen LogP contribution >= 0.6 is 0 Å². The predicted molar refractivity (Wildman–Crippen MR) is 254 cm³/mol. The number of aromatic nitrogens is 5. The zero-order valence-electron chi connectivity index (χ0n) is 33.6. The molecule has 0 aliphatic heterocycles. The normalized spacial score (nSPS) is 11.2. The number of benzene rings is 9. The fraction of sp³-hybridized carbons (Fsp3) is 0. The molecule has 11 aromatic rings. The van der Waals surface area contributed by atoms with Gasteiger partial charge < -0.3 is 0 Å². The van der Waals surface area contributed by atoms with E-state index in [1.165, 1.54) is 0 Å². The third-order valence-corrected chi connectivity index (χ3v) is 11.3. The molecular weight excluding hydrogens is 755 g/mol. The van der Waals surface area contributed by atoms with Crippen LogP contribution in [-0.4, -0.2) is 24.9 Å². The van der Waals surface area contributed by atoms with Crippen molar-refractivity contribution in [3.8, 4) is 90.3 Å². The molecule has 0 aliphatic rings. The highest BCUT2D eigenvalue weighted by atomic mass is 15.0. The number of rotatable bonds is 8. The molecule has 290 valence electrons. The van der Waals surface area contributed by atoms with Gasteiger partial charge in [-0.25, -0.2) is 24.9 Å².